The second-order valence-electron chi connectivity index (χ2n) is 7.30. The molecular weight excluding hydrogens is 315 g/mol. The normalized spacial score (nSPS) is 26.3. The van der Waals surface area contributed by atoms with Crippen LogP contribution in [0.1, 0.15) is 40.5 Å². The van der Waals surface area contributed by atoms with Crippen LogP contribution in [0.15, 0.2) is 12.4 Å². The van der Waals surface area contributed by atoms with Crippen molar-refractivity contribution in [3.8, 4) is 0 Å². The second-order valence-corrected chi connectivity index (χ2v) is 8.84. The molecule has 0 N–H and O–H groups in total. The van der Waals surface area contributed by atoms with Crippen LogP contribution in [0, 0.1) is 0 Å². The fourth-order valence-electron chi connectivity index (χ4n) is 2.91. The Morgan fingerprint density at radius 3 is 2.36 bits per heavy atom. The fourth-order valence-corrected chi connectivity index (χ4v) is 4.62. The van der Waals surface area contributed by atoms with Crippen LogP contribution in [0.25, 0.3) is 0 Å². The largest absolute Gasteiger partial charge is 0.498 e. The highest BCUT2D eigenvalue weighted by molar-refractivity contribution is 7.99. The molecule has 1 aromatic heterocycles. The molecule has 2 saturated heterocycles. The summed E-state index contributed by atoms with van der Waals surface area (Å²) in [6.07, 6.45) is 6.21. The van der Waals surface area contributed by atoms with Crippen molar-refractivity contribution in [1.29, 1.82) is 0 Å². The summed E-state index contributed by atoms with van der Waals surface area (Å²) in [6, 6.07) is 0. The molecular formula is C15H25BN2O2S2. The zero-order chi connectivity index (χ0) is 16.0. The zero-order valence-electron chi connectivity index (χ0n) is 13.8. The topological polar surface area (TPSA) is 36.3 Å². The van der Waals surface area contributed by atoms with Gasteiger partial charge in [0.2, 0.25) is 0 Å². The minimum Gasteiger partial charge on any atom is -0.399 e. The van der Waals surface area contributed by atoms with Gasteiger partial charge in [-0.1, -0.05) is 0 Å². The lowest BCUT2D eigenvalue weighted by Crippen LogP contribution is -2.41. The SMILES string of the molecule is CC1(C)OB(c2cnn(C3(CS)CCSCC3)c2)OC1(C)C. The van der Waals surface area contributed by atoms with Gasteiger partial charge in [0.1, 0.15) is 0 Å². The van der Waals surface area contributed by atoms with Crippen LogP contribution in [-0.2, 0) is 14.8 Å². The Balaban J connectivity index is 1.83. The molecule has 2 aliphatic heterocycles. The van der Waals surface area contributed by atoms with Gasteiger partial charge in [0.15, 0.2) is 0 Å². The Morgan fingerprint density at radius 2 is 1.82 bits per heavy atom. The third-order valence-corrected chi connectivity index (χ3v) is 6.91. The molecule has 4 nitrogen and oxygen atoms in total. The summed E-state index contributed by atoms with van der Waals surface area (Å²) in [5.74, 6) is 3.16. The quantitative estimate of drug-likeness (QED) is 0.677. The Labute approximate surface area is 143 Å². The van der Waals surface area contributed by atoms with E-state index in [4.69, 9.17) is 9.31 Å². The second kappa shape index (κ2) is 5.76. The van der Waals surface area contributed by atoms with Gasteiger partial charge in [0.25, 0.3) is 0 Å². The summed E-state index contributed by atoms with van der Waals surface area (Å²) in [6.45, 7) is 8.30. The van der Waals surface area contributed by atoms with E-state index in [-0.39, 0.29) is 23.9 Å². The molecule has 0 bridgehead atoms. The minimum absolute atomic E-state index is 0.0379. The number of thioether (sulfide) groups is 1. The minimum atomic E-state index is -0.339. The maximum absolute atomic E-state index is 6.12. The first-order valence-electron chi connectivity index (χ1n) is 7.89. The molecule has 1 aromatic rings. The van der Waals surface area contributed by atoms with Crippen molar-refractivity contribution in [3.63, 3.8) is 0 Å². The van der Waals surface area contributed by atoms with E-state index >= 15 is 0 Å². The van der Waals surface area contributed by atoms with Gasteiger partial charge in [-0.3, -0.25) is 4.68 Å². The molecule has 2 aliphatic rings. The predicted octanol–water partition coefficient (Wildman–Crippen LogP) is 2.33. The van der Waals surface area contributed by atoms with E-state index in [1.165, 1.54) is 11.5 Å². The lowest BCUT2D eigenvalue weighted by Gasteiger charge is -2.36. The Bertz CT molecular complexity index is 525. The highest BCUT2D eigenvalue weighted by atomic mass is 32.2. The lowest BCUT2D eigenvalue weighted by atomic mass is 9.81. The first kappa shape index (κ1) is 16.7. The molecule has 0 amide bonds. The molecule has 7 heteroatoms. The Kier molecular flexibility index (Phi) is 4.38. The van der Waals surface area contributed by atoms with E-state index < -0.39 is 0 Å². The van der Waals surface area contributed by atoms with Crippen molar-refractivity contribution >= 4 is 37.0 Å². The molecule has 2 fully saturated rings. The molecule has 122 valence electrons. The highest BCUT2D eigenvalue weighted by Crippen LogP contribution is 2.37. The van der Waals surface area contributed by atoms with E-state index in [0.29, 0.717) is 0 Å². The van der Waals surface area contributed by atoms with Gasteiger partial charge in [-0.25, -0.2) is 0 Å². The highest BCUT2D eigenvalue weighted by Gasteiger charge is 2.52. The molecule has 0 unspecified atom stereocenters. The third-order valence-electron chi connectivity index (χ3n) is 5.33. The van der Waals surface area contributed by atoms with Crippen molar-refractivity contribution in [2.24, 2.45) is 0 Å². The molecule has 0 saturated carbocycles. The standard InChI is InChI=1S/C15H25BN2O2S2/c1-13(2)14(3,4)20-16(19-13)12-9-17-18(10-12)15(11-21)5-7-22-8-6-15/h9-10,21H,5-8,11H2,1-4H3. The molecule has 0 spiro atoms. The maximum Gasteiger partial charge on any atom is 0.498 e. The van der Waals surface area contributed by atoms with E-state index in [1.807, 2.05) is 18.0 Å². The molecule has 3 rings (SSSR count). The van der Waals surface area contributed by atoms with Gasteiger partial charge in [0, 0.05) is 23.6 Å². The van der Waals surface area contributed by atoms with Gasteiger partial charge < -0.3 is 9.31 Å². The van der Waals surface area contributed by atoms with Gasteiger partial charge in [-0.2, -0.15) is 29.5 Å². The molecule has 22 heavy (non-hydrogen) atoms. The Morgan fingerprint density at radius 1 is 1.23 bits per heavy atom. The first-order valence-corrected chi connectivity index (χ1v) is 9.68. The fraction of sp³-hybridized carbons (Fsp3) is 0.800. The summed E-state index contributed by atoms with van der Waals surface area (Å²) < 4.78 is 14.3. The summed E-state index contributed by atoms with van der Waals surface area (Å²) in [5.41, 5.74) is 0.402. The lowest BCUT2D eigenvalue weighted by molar-refractivity contribution is 0.00578. The average Bonchev–Trinajstić information content (AvgIpc) is 3.04. The van der Waals surface area contributed by atoms with Crippen LogP contribution < -0.4 is 5.46 Å². The van der Waals surface area contributed by atoms with Gasteiger partial charge in [-0.15, -0.1) is 0 Å². The number of aromatic nitrogens is 2. The summed E-state index contributed by atoms with van der Waals surface area (Å²) in [4.78, 5) is 0. The number of nitrogens with zero attached hydrogens (tertiary/aromatic N) is 2. The van der Waals surface area contributed by atoms with Crippen LogP contribution in [0.5, 0.6) is 0 Å². The summed E-state index contributed by atoms with van der Waals surface area (Å²) in [7, 11) is -0.339. The van der Waals surface area contributed by atoms with E-state index in [1.54, 1.807) is 0 Å². The van der Waals surface area contributed by atoms with Crippen molar-refractivity contribution in [3.05, 3.63) is 12.4 Å². The molecule has 3 heterocycles. The molecule has 0 atom stereocenters. The number of hydrogen-bond acceptors (Lipinski definition) is 5. The number of rotatable bonds is 3. The van der Waals surface area contributed by atoms with Crippen LogP contribution in [0.2, 0.25) is 0 Å². The Hall–Kier alpha value is -0.105. The van der Waals surface area contributed by atoms with Crippen molar-refractivity contribution in [1.82, 2.24) is 9.78 Å². The van der Waals surface area contributed by atoms with Crippen LogP contribution in [0.3, 0.4) is 0 Å². The monoisotopic (exact) mass is 340 g/mol. The molecule has 0 aromatic carbocycles. The van der Waals surface area contributed by atoms with E-state index in [9.17, 15) is 0 Å². The number of hydrogen-bond donors (Lipinski definition) is 1. The first-order chi connectivity index (χ1) is 10.3. The van der Waals surface area contributed by atoms with E-state index in [2.05, 4.69) is 56.3 Å². The summed E-state index contributed by atoms with van der Waals surface area (Å²) in [5, 5.41) is 4.62. The molecule has 0 aliphatic carbocycles. The maximum atomic E-state index is 6.12. The van der Waals surface area contributed by atoms with Crippen LogP contribution in [-0.4, -0.2) is 45.4 Å². The number of thiol groups is 1. The smallest absolute Gasteiger partial charge is 0.399 e. The van der Waals surface area contributed by atoms with Gasteiger partial charge >= 0.3 is 7.12 Å². The van der Waals surface area contributed by atoms with Gasteiger partial charge in [-0.05, 0) is 52.0 Å². The third kappa shape index (κ3) is 2.74. The predicted molar refractivity (Wildman–Crippen MR) is 96.3 cm³/mol. The van der Waals surface area contributed by atoms with Crippen LogP contribution in [0.4, 0.5) is 0 Å². The summed E-state index contributed by atoms with van der Waals surface area (Å²) >= 11 is 6.62. The van der Waals surface area contributed by atoms with Crippen molar-refractivity contribution in [2.75, 3.05) is 17.3 Å². The molecule has 0 radical (unpaired) electrons. The van der Waals surface area contributed by atoms with Crippen molar-refractivity contribution in [2.45, 2.75) is 57.3 Å². The van der Waals surface area contributed by atoms with Gasteiger partial charge in [0.05, 0.1) is 16.7 Å². The van der Waals surface area contributed by atoms with Crippen molar-refractivity contribution < 1.29 is 9.31 Å². The zero-order valence-corrected chi connectivity index (χ0v) is 15.5. The van der Waals surface area contributed by atoms with Crippen LogP contribution >= 0.6 is 24.4 Å². The average molecular weight is 340 g/mol. The van der Waals surface area contributed by atoms with E-state index in [0.717, 1.165) is 24.1 Å².